The maximum atomic E-state index is 5.13. The fraction of sp³-hybridized carbons (Fsp3) is 0.462. The molecule has 0 aliphatic heterocycles. The zero-order chi connectivity index (χ0) is 20.4. The van der Waals surface area contributed by atoms with Crippen LogP contribution in [0.15, 0.2) is 47.4 Å². The Morgan fingerprint density at radius 2 is 1.61 bits per heavy atom. The highest BCUT2D eigenvalue weighted by molar-refractivity contribution is 7.99. The summed E-state index contributed by atoms with van der Waals surface area (Å²) in [5.41, 5.74) is 7.49. The molecule has 0 radical (unpaired) electrons. The summed E-state index contributed by atoms with van der Waals surface area (Å²) in [5, 5.41) is 0. The van der Waals surface area contributed by atoms with Crippen molar-refractivity contribution in [2.24, 2.45) is 0 Å². The molecule has 1 aliphatic rings. The lowest BCUT2D eigenvalue weighted by Gasteiger charge is -2.42. The third kappa shape index (κ3) is 4.72. The second kappa shape index (κ2) is 8.47. The van der Waals surface area contributed by atoms with Gasteiger partial charge in [-0.05, 0) is 70.6 Å². The van der Waals surface area contributed by atoms with Gasteiger partial charge in [0.1, 0.15) is 0 Å². The third-order valence-electron chi connectivity index (χ3n) is 6.13. The molecular weight excluding hydrogens is 360 g/mol. The summed E-state index contributed by atoms with van der Waals surface area (Å²) in [7, 11) is 1.75. The van der Waals surface area contributed by atoms with Gasteiger partial charge in [0.05, 0.1) is 6.61 Å². The molecule has 0 heterocycles. The number of fused-ring (bicyclic) bond motifs is 1. The van der Waals surface area contributed by atoms with Crippen molar-refractivity contribution >= 4 is 23.4 Å². The van der Waals surface area contributed by atoms with E-state index >= 15 is 0 Å². The van der Waals surface area contributed by atoms with Crippen LogP contribution in [0, 0.1) is 0 Å². The Kier molecular flexibility index (Phi) is 6.41. The summed E-state index contributed by atoms with van der Waals surface area (Å²) < 4.78 is 5.13. The van der Waals surface area contributed by atoms with E-state index in [9.17, 15) is 0 Å². The molecule has 0 saturated carbocycles. The Morgan fingerprint density at radius 3 is 2.25 bits per heavy atom. The summed E-state index contributed by atoms with van der Waals surface area (Å²) in [4.78, 5) is 1.30. The van der Waals surface area contributed by atoms with Gasteiger partial charge in [0, 0.05) is 17.8 Å². The topological polar surface area (TPSA) is 9.23 Å². The molecule has 3 rings (SSSR count). The van der Waals surface area contributed by atoms with E-state index in [1.165, 1.54) is 45.6 Å². The molecule has 0 N–H and O–H groups in total. The minimum Gasteiger partial charge on any atom is -0.384 e. The van der Waals surface area contributed by atoms with Crippen LogP contribution in [0.2, 0.25) is 0 Å². The van der Waals surface area contributed by atoms with E-state index in [1.54, 1.807) is 7.11 Å². The Morgan fingerprint density at radius 1 is 0.964 bits per heavy atom. The largest absolute Gasteiger partial charge is 0.384 e. The highest BCUT2D eigenvalue weighted by Gasteiger charge is 2.36. The van der Waals surface area contributed by atoms with Crippen molar-refractivity contribution < 1.29 is 4.74 Å². The van der Waals surface area contributed by atoms with Gasteiger partial charge in [0.25, 0.3) is 0 Å². The first-order valence-corrected chi connectivity index (χ1v) is 11.3. The van der Waals surface area contributed by atoms with Crippen LogP contribution >= 0.6 is 11.8 Å². The van der Waals surface area contributed by atoms with Crippen LogP contribution in [0.1, 0.15) is 69.7 Å². The van der Waals surface area contributed by atoms with Gasteiger partial charge in [0.2, 0.25) is 0 Å². The predicted molar refractivity (Wildman–Crippen MR) is 124 cm³/mol. The van der Waals surface area contributed by atoms with Gasteiger partial charge >= 0.3 is 0 Å². The number of allylic oxidation sites excluding steroid dienone is 1. The molecule has 1 nitrogen and oxygen atoms in total. The lowest BCUT2D eigenvalue weighted by atomic mass is 9.63. The molecule has 28 heavy (non-hydrogen) atoms. The van der Waals surface area contributed by atoms with Crippen LogP contribution in [0.3, 0.4) is 0 Å². The van der Waals surface area contributed by atoms with Gasteiger partial charge in [0.15, 0.2) is 0 Å². The van der Waals surface area contributed by atoms with Crippen molar-refractivity contribution in [2.45, 2.75) is 63.2 Å². The summed E-state index contributed by atoms with van der Waals surface area (Å²) in [5.74, 6) is 0.992. The molecule has 0 bridgehead atoms. The summed E-state index contributed by atoms with van der Waals surface area (Å²) in [6.45, 7) is 12.6. The molecule has 2 aromatic rings. The fourth-order valence-corrected chi connectivity index (χ4v) is 4.88. The lowest BCUT2D eigenvalue weighted by molar-refractivity contribution is 0.218. The Balaban J connectivity index is 1.84. The Bertz CT molecular complexity index is 843. The van der Waals surface area contributed by atoms with Crippen LogP contribution in [0.25, 0.3) is 11.6 Å². The van der Waals surface area contributed by atoms with Crippen LogP contribution in [0.5, 0.6) is 0 Å². The molecule has 1 aliphatic carbocycles. The molecule has 0 fully saturated rings. The third-order valence-corrected chi connectivity index (χ3v) is 7.10. The number of thioether (sulfide) groups is 1. The average molecular weight is 395 g/mol. The molecule has 0 amide bonds. The number of hydrogen-bond donors (Lipinski definition) is 0. The maximum Gasteiger partial charge on any atom is 0.0556 e. The molecule has 0 unspecified atom stereocenters. The smallest absolute Gasteiger partial charge is 0.0556 e. The fourth-order valence-electron chi connectivity index (χ4n) is 4.07. The number of methoxy groups -OCH3 is 1. The van der Waals surface area contributed by atoms with Crippen molar-refractivity contribution in [3.63, 3.8) is 0 Å². The van der Waals surface area contributed by atoms with Crippen molar-refractivity contribution in [2.75, 3.05) is 19.5 Å². The monoisotopic (exact) mass is 394 g/mol. The summed E-state index contributed by atoms with van der Waals surface area (Å²) in [6, 6.07) is 16.0. The van der Waals surface area contributed by atoms with Crippen LogP contribution < -0.4 is 0 Å². The molecule has 0 aromatic heterocycles. The number of ether oxygens (including phenoxy) is 1. The summed E-state index contributed by atoms with van der Waals surface area (Å²) in [6.07, 6.45) is 4.81. The number of rotatable bonds is 6. The molecule has 2 heteroatoms. The van der Waals surface area contributed by atoms with Crippen LogP contribution in [-0.4, -0.2) is 19.5 Å². The molecule has 0 saturated heterocycles. The van der Waals surface area contributed by atoms with Crippen LogP contribution in [0.4, 0.5) is 0 Å². The zero-order valence-electron chi connectivity index (χ0n) is 18.3. The van der Waals surface area contributed by atoms with E-state index in [0.717, 1.165) is 12.4 Å². The first kappa shape index (κ1) is 21.2. The second-order valence-corrected chi connectivity index (χ2v) is 10.4. The minimum atomic E-state index is 0.252. The summed E-state index contributed by atoms with van der Waals surface area (Å²) >= 11 is 1.84. The van der Waals surface area contributed by atoms with Crippen molar-refractivity contribution in [3.05, 3.63) is 64.7 Å². The second-order valence-electron chi connectivity index (χ2n) is 9.27. The SMILES string of the molecule is COCCSc1ccc(/C=C(\C)c2ccc3c(c2)C(C)(C)CCC3(C)C)cc1. The van der Waals surface area contributed by atoms with Gasteiger partial charge in [-0.15, -0.1) is 11.8 Å². The molecule has 150 valence electrons. The van der Waals surface area contributed by atoms with Gasteiger partial charge in [-0.3, -0.25) is 0 Å². The minimum absolute atomic E-state index is 0.252. The van der Waals surface area contributed by atoms with E-state index in [2.05, 4.69) is 83.2 Å². The van der Waals surface area contributed by atoms with E-state index in [4.69, 9.17) is 4.74 Å². The maximum absolute atomic E-state index is 5.13. The van der Waals surface area contributed by atoms with Crippen molar-refractivity contribution in [3.8, 4) is 0 Å². The van der Waals surface area contributed by atoms with Gasteiger partial charge in [-0.2, -0.15) is 0 Å². The molecule has 0 spiro atoms. The normalized spacial score (nSPS) is 18.0. The predicted octanol–water partition coefficient (Wildman–Crippen LogP) is 7.33. The Hall–Kier alpha value is -1.51. The Labute approximate surface area is 175 Å². The quantitative estimate of drug-likeness (QED) is 0.288. The number of hydrogen-bond acceptors (Lipinski definition) is 2. The van der Waals surface area contributed by atoms with Crippen LogP contribution in [-0.2, 0) is 15.6 Å². The molecule has 2 aromatic carbocycles. The standard InChI is InChI=1S/C26H34OS/c1-19(17-20-7-10-22(11-8-20)28-16-15-27-6)21-9-12-23-24(18-21)26(4,5)14-13-25(23,2)3/h7-12,17-18H,13-16H2,1-6H3/b19-17+. The highest BCUT2D eigenvalue weighted by Crippen LogP contribution is 2.46. The zero-order valence-corrected chi connectivity index (χ0v) is 19.1. The van der Waals surface area contributed by atoms with Crippen molar-refractivity contribution in [1.29, 1.82) is 0 Å². The first-order chi connectivity index (χ1) is 13.2. The number of benzene rings is 2. The van der Waals surface area contributed by atoms with Gasteiger partial charge < -0.3 is 4.74 Å². The molecule has 0 atom stereocenters. The lowest BCUT2D eigenvalue weighted by Crippen LogP contribution is -2.33. The van der Waals surface area contributed by atoms with E-state index < -0.39 is 0 Å². The van der Waals surface area contributed by atoms with Crippen molar-refractivity contribution in [1.82, 2.24) is 0 Å². The van der Waals surface area contributed by atoms with E-state index in [0.29, 0.717) is 0 Å². The molecular formula is C26H34OS. The first-order valence-electron chi connectivity index (χ1n) is 10.3. The highest BCUT2D eigenvalue weighted by atomic mass is 32.2. The van der Waals surface area contributed by atoms with E-state index in [-0.39, 0.29) is 10.8 Å². The van der Waals surface area contributed by atoms with Gasteiger partial charge in [-0.1, -0.05) is 64.1 Å². The average Bonchev–Trinajstić information content (AvgIpc) is 2.67. The van der Waals surface area contributed by atoms with Gasteiger partial charge in [-0.25, -0.2) is 0 Å². The van der Waals surface area contributed by atoms with E-state index in [1.807, 2.05) is 11.8 Å².